The zero-order valence-electron chi connectivity index (χ0n) is 14.4. The van der Waals surface area contributed by atoms with Crippen molar-refractivity contribution in [1.82, 2.24) is 9.80 Å². The van der Waals surface area contributed by atoms with E-state index in [-0.39, 0.29) is 11.9 Å². The van der Waals surface area contributed by atoms with Gasteiger partial charge in [-0.25, -0.2) is 0 Å². The van der Waals surface area contributed by atoms with Crippen LogP contribution in [-0.2, 0) is 0 Å². The molecule has 2 heterocycles. The van der Waals surface area contributed by atoms with Crippen LogP contribution in [-0.4, -0.2) is 79.7 Å². The third kappa shape index (κ3) is 4.06. The molecule has 1 aromatic carbocycles. The molecule has 6 heteroatoms. The van der Waals surface area contributed by atoms with Crippen molar-refractivity contribution in [3.63, 3.8) is 0 Å². The van der Waals surface area contributed by atoms with Gasteiger partial charge in [-0.05, 0) is 38.1 Å². The van der Waals surface area contributed by atoms with E-state index in [0.29, 0.717) is 17.8 Å². The lowest BCUT2D eigenvalue weighted by atomic mass is 10.0. The van der Waals surface area contributed by atoms with Gasteiger partial charge in [0.1, 0.15) is 0 Å². The van der Waals surface area contributed by atoms with E-state index < -0.39 is 0 Å². The lowest BCUT2D eigenvalue weighted by molar-refractivity contribution is 0.0877. The highest BCUT2D eigenvalue weighted by Crippen LogP contribution is 2.25. The Hall–Kier alpha value is -1.63. The van der Waals surface area contributed by atoms with Crippen LogP contribution >= 0.6 is 0 Å². The molecule has 3 N–H and O–H groups in total. The molecule has 1 aromatic rings. The fourth-order valence-electron chi connectivity index (χ4n) is 3.40. The van der Waals surface area contributed by atoms with E-state index in [2.05, 4.69) is 21.7 Å². The van der Waals surface area contributed by atoms with Gasteiger partial charge in [-0.1, -0.05) is 0 Å². The summed E-state index contributed by atoms with van der Waals surface area (Å²) in [6.45, 7) is 5.91. The van der Waals surface area contributed by atoms with Gasteiger partial charge in [0.15, 0.2) is 5.78 Å². The van der Waals surface area contributed by atoms with Crippen LogP contribution in [0.1, 0.15) is 23.2 Å². The molecule has 0 bridgehead atoms. The Bertz CT molecular complexity index is 576. The van der Waals surface area contributed by atoms with Crippen molar-refractivity contribution in [2.24, 2.45) is 0 Å². The van der Waals surface area contributed by atoms with Crippen LogP contribution in [0, 0.1) is 0 Å². The number of nitrogens with two attached hydrogens (primary N) is 1. The van der Waals surface area contributed by atoms with Gasteiger partial charge in [0, 0.05) is 56.2 Å². The van der Waals surface area contributed by atoms with Crippen molar-refractivity contribution in [3.05, 3.63) is 23.8 Å². The molecule has 0 spiro atoms. The number of Topliss-reactive ketones (excluding diaryl/α,β-unsaturated/α-hetero) is 1. The quantitative estimate of drug-likeness (QED) is 0.623. The van der Waals surface area contributed by atoms with E-state index in [1.54, 1.807) is 0 Å². The number of hydrogen-bond donors (Lipinski definition) is 2. The zero-order valence-corrected chi connectivity index (χ0v) is 14.4. The van der Waals surface area contributed by atoms with Crippen LogP contribution in [0.25, 0.3) is 0 Å². The van der Waals surface area contributed by atoms with Gasteiger partial charge in [0.05, 0.1) is 12.6 Å². The van der Waals surface area contributed by atoms with Crippen LogP contribution in [0.4, 0.5) is 11.4 Å². The van der Waals surface area contributed by atoms with Gasteiger partial charge < -0.3 is 20.6 Å². The summed E-state index contributed by atoms with van der Waals surface area (Å²) in [7, 11) is 2.11. The van der Waals surface area contributed by atoms with Gasteiger partial charge in [0.2, 0.25) is 0 Å². The minimum atomic E-state index is -0.201. The molecule has 0 saturated carbocycles. The Balaban J connectivity index is 1.68. The average molecular weight is 332 g/mol. The molecule has 2 aliphatic rings. The Morgan fingerprint density at radius 3 is 2.50 bits per heavy atom. The first-order chi connectivity index (χ1) is 11.5. The number of nitrogen functional groups attached to an aromatic ring is 1. The summed E-state index contributed by atoms with van der Waals surface area (Å²) in [6.07, 6.45) is 1.34. The van der Waals surface area contributed by atoms with Crippen molar-refractivity contribution in [2.75, 3.05) is 63.5 Å². The number of anilines is 2. The normalized spacial score (nSPS) is 21.2. The molecule has 0 atom stereocenters. The smallest absolute Gasteiger partial charge is 0.178 e. The number of carbonyl (C=O) groups is 1. The summed E-state index contributed by atoms with van der Waals surface area (Å²) < 4.78 is 0. The van der Waals surface area contributed by atoms with E-state index in [1.807, 2.05) is 18.2 Å². The van der Waals surface area contributed by atoms with E-state index in [0.717, 1.165) is 57.8 Å². The Labute approximate surface area is 143 Å². The van der Waals surface area contributed by atoms with E-state index in [9.17, 15) is 9.90 Å². The third-order valence-electron chi connectivity index (χ3n) is 5.13. The molecule has 2 aliphatic heterocycles. The van der Waals surface area contributed by atoms with Gasteiger partial charge in [-0.15, -0.1) is 0 Å². The summed E-state index contributed by atoms with van der Waals surface area (Å²) >= 11 is 0. The number of carbonyl (C=O) groups excluding carboxylic acids is 1. The molecule has 2 fully saturated rings. The maximum Gasteiger partial charge on any atom is 0.178 e. The lowest BCUT2D eigenvalue weighted by Crippen LogP contribution is -2.46. The van der Waals surface area contributed by atoms with Crippen molar-refractivity contribution in [2.45, 2.75) is 18.9 Å². The molecular weight excluding hydrogens is 304 g/mol. The summed E-state index contributed by atoms with van der Waals surface area (Å²) in [4.78, 5) is 19.4. The first-order valence-electron chi connectivity index (χ1n) is 8.79. The number of rotatable bonds is 4. The van der Waals surface area contributed by atoms with E-state index >= 15 is 0 Å². The molecular formula is C18H28N4O2. The molecule has 6 nitrogen and oxygen atoms in total. The van der Waals surface area contributed by atoms with Crippen LogP contribution in [0.2, 0.25) is 0 Å². The van der Waals surface area contributed by atoms with Gasteiger partial charge in [-0.2, -0.15) is 0 Å². The Morgan fingerprint density at radius 1 is 1.17 bits per heavy atom. The maximum atomic E-state index is 12.7. The SMILES string of the molecule is CN1CCN(CC(=O)c2cc(N3CCC(O)CC3)ccc2N)CC1. The molecule has 0 radical (unpaired) electrons. The molecule has 0 amide bonds. The molecule has 0 aliphatic carbocycles. The number of hydrogen-bond acceptors (Lipinski definition) is 6. The molecule has 24 heavy (non-hydrogen) atoms. The second-order valence-corrected chi connectivity index (χ2v) is 6.99. The Kier molecular flexibility index (Phi) is 5.38. The van der Waals surface area contributed by atoms with Crippen LogP contribution in [0.3, 0.4) is 0 Å². The number of benzene rings is 1. The van der Waals surface area contributed by atoms with Crippen LogP contribution in [0.5, 0.6) is 0 Å². The molecule has 0 aromatic heterocycles. The highest BCUT2D eigenvalue weighted by atomic mass is 16.3. The molecule has 132 valence electrons. The van der Waals surface area contributed by atoms with Crippen molar-refractivity contribution >= 4 is 17.2 Å². The highest BCUT2D eigenvalue weighted by molar-refractivity contribution is 6.03. The summed E-state index contributed by atoms with van der Waals surface area (Å²) in [5, 5.41) is 9.65. The standard InChI is InChI=1S/C18H28N4O2/c1-20-8-10-21(11-9-20)13-18(24)16-12-14(2-3-17(16)19)22-6-4-15(23)5-7-22/h2-3,12,15,23H,4-11,13,19H2,1H3. The zero-order chi connectivity index (χ0) is 17.1. The average Bonchev–Trinajstić information content (AvgIpc) is 2.58. The second-order valence-electron chi connectivity index (χ2n) is 6.99. The lowest BCUT2D eigenvalue weighted by Gasteiger charge is -2.32. The third-order valence-corrected chi connectivity index (χ3v) is 5.13. The fourth-order valence-corrected chi connectivity index (χ4v) is 3.40. The second kappa shape index (κ2) is 7.51. The predicted octanol–water partition coefficient (Wildman–Crippen LogP) is 0.660. The minimum Gasteiger partial charge on any atom is -0.398 e. The number of nitrogens with zero attached hydrogens (tertiary/aromatic N) is 3. The highest BCUT2D eigenvalue weighted by Gasteiger charge is 2.21. The number of ketones is 1. The summed E-state index contributed by atoms with van der Waals surface area (Å²) in [5.74, 6) is 0.0935. The van der Waals surface area contributed by atoms with E-state index in [4.69, 9.17) is 5.73 Å². The van der Waals surface area contributed by atoms with Gasteiger partial charge in [0.25, 0.3) is 0 Å². The van der Waals surface area contributed by atoms with Crippen molar-refractivity contribution in [1.29, 1.82) is 0 Å². The Morgan fingerprint density at radius 2 is 1.83 bits per heavy atom. The molecule has 2 saturated heterocycles. The number of piperazine rings is 1. The minimum absolute atomic E-state index is 0.0935. The topological polar surface area (TPSA) is 73.0 Å². The van der Waals surface area contributed by atoms with E-state index in [1.165, 1.54) is 0 Å². The first-order valence-corrected chi connectivity index (χ1v) is 8.79. The summed E-state index contributed by atoms with van der Waals surface area (Å²) in [5.41, 5.74) is 8.26. The largest absolute Gasteiger partial charge is 0.398 e. The fraction of sp³-hybridized carbons (Fsp3) is 0.611. The number of likely N-dealkylation sites (N-methyl/N-ethyl adjacent to an activating group) is 1. The first kappa shape index (κ1) is 17.2. The van der Waals surface area contributed by atoms with Crippen LogP contribution < -0.4 is 10.6 Å². The van der Waals surface area contributed by atoms with Crippen molar-refractivity contribution in [3.8, 4) is 0 Å². The molecule has 3 rings (SSSR count). The van der Waals surface area contributed by atoms with Crippen molar-refractivity contribution < 1.29 is 9.90 Å². The number of aliphatic hydroxyl groups is 1. The summed E-state index contributed by atoms with van der Waals surface area (Å²) in [6, 6.07) is 5.72. The number of aliphatic hydroxyl groups excluding tert-OH is 1. The van der Waals surface area contributed by atoms with Crippen LogP contribution in [0.15, 0.2) is 18.2 Å². The predicted molar refractivity (Wildman–Crippen MR) is 96.6 cm³/mol. The van der Waals surface area contributed by atoms with Gasteiger partial charge >= 0.3 is 0 Å². The van der Waals surface area contributed by atoms with Gasteiger partial charge in [-0.3, -0.25) is 9.69 Å². The number of piperidine rings is 1. The maximum absolute atomic E-state index is 12.7. The molecule has 0 unspecified atom stereocenters. The monoisotopic (exact) mass is 332 g/mol.